The fourth-order valence-corrected chi connectivity index (χ4v) is 1.68. The number of nitrogens with zero attached hydrogens (tertiary/aromatic N) is 4. The van der Waals surface area contributed by atoms with Gasteiger partial charge in [-0.3, -0.25) is 4.79 Å². The van der Waals surface area contributed by atoms with Crippen LogP contribution >= 0.6 is 11.6 Å². The molecule has 112 valence electrons. The highest BCUT2D eigenvalue weighted by atomic mass is 35.5. The zero-order valence-electron chi connectivity index (χ0n) is 11.7. The van der Waals surface area contributed by atoms with Gasteiger partial charge in [-0.2, -0.15) is 4.68 Å². The van der Waals surface area contributed by atoms with Crippen molar-refractivity contribution < 1.29 is 9.18 Å². The van der Waals surface area contributed by atoms with Gasteiger partial charge in [0, 0.05) is 5.88 Å². The second kappa shape index (κ2) is 6.17. The molecule has 0 aliphatic rings. The van der Waals surface area contributed by atoms with Gasteiger partial charge < -0.3 is 5.32 Å². The maximum absolute atomic E-state index is 12.9. The third kappa shape index (κ3) is 3.55. The standard InChI is InChI=1S/C13H15ClFN5O/c1-13(2,8-14)12(21)16-7-11-17-18-19-20(11)10-5-3-9(15)4-6-10/h3-6H,7-8H2,1-2H3,(H,16,21). The summed E-state index contributed by atoms with van der Waals surface area (Å²) in [6.07, 6.45) is 0. The molecule has 0 bridgehead atoms. The van der Waals surface area contributed by atoms with Crippen LogP contribution in [0.4, 0.5) is 4.39 Å². The normalized spacial score (nSPS) is 11.4. The first kappa shape index (κ1) is 15.4. The maximum Gasteiger partial charge on any atom is 0.227 e. The lowest BCUT2D eigenvalue weighted by molar-refractivity contribution is -0.128. The molecule has 2 aromatic rings. The average Bonchev–Trinajstić information content (AvgIpc) is 2.93. The summed E-state index contributed by atoms with van der Waals surface area (Å²) in [5.74, 6) is 0.124. The van der Waals surface area contributed by atoms with E-state index in [0.29, 0.717) is 11.5 Å². The Morgan fingerprint density at radius 2 is 2.05 bits per heavy atom. The Balaban J connectivity index is 2.11. The van der Waals surface area contributed by atoms with E-state index in [4.69, 9.17) is 11.6 Å². The summed E-state index contributed by atoms with van der Waals surface area (Å²) in [5, 5.41) is 14.0. The zero-order chi connectivity index (χ0) is 15.5. The molecule has 1 aromatic carbocycles. The Morgan fingerprint density at radius 1 is 1.38 bits per heavy atom. The van der Waals surface area contributed by atoms with Crippen LogP contribution in [0.25, 0.3) is 5.69 Å². The first-order valence-electron chi connectivity index (χ1n) is 6.31. The number of carbonyl (C=O) groups excluding carboxylic acids is 1. The van der Waals surface area contributed by atoms with Gasteiger partial charge in [0.1, 0.15) is 5.82 Å². The summed E-state index contributed by atoms with van der Waals surface area (Å²) in [5.41, 5.74) is -0.0577. The quantitative estimate of drug-likeness (QED) is 0.853. The fraction of sp³-hybridized carbons (Fsp3) is 0.385. The fourth-order valence-electron chi connectivity index (χ4n) is 1.56. The SMILES string of the molecule is CC(C)(CCl)C(=O)NCc1nnnn1-c1ccc(F)cc1. The number of tetrazole rings is 1. The van der Waals surface area contributed by atoms with Crippen LogP contribution in [0.5, 0.6) is 0 Å². The van der Waals surface area contributed by atoms with Gasteiger partial charge in [-0.15, -0.1) is 16.7 Å². The van der Waals surface area contributed by atoms with Crippen molar-refractivity contribution in [2.75, 3.05) is 5.88 Å². The van der Waals surface area contributed by atoms with Crippen molar-refractivity contribution in [2.24, 2.45) is 5.41 Å². The van der Waals surface area contributed by atoms with E-state index < -0.39 is 5.41 Å². The van der Waals surface area contributed by atoms with E-state index in [1.54, 1.807) is 26.0 Å². The van der Waals surface area contributed by atoms with E-state index in [9.17, 15) is 9.18 Å². The number of rotatable bonds is 5. The molecule has 2 rings (SSSR count). The summed E-state index contributed by atoms with van der Waals surface area (Å²) in [7, 11) is 0. The van der Waals surface area contributed by atoms with Gasteiger partial charge in [0.15, 0.2) is 5.82 Å². The number of hydrogen-bond acceptors (Lipinski definition) is 4. The van der Waals surface area contributed by atoms with Crippen molar-refractivity contribution in [3.8, 4) is 5.69 Å². The minimum absolute atomic E-state index is 0.156. The van der Waals surface area contributed by atoms with Crippen molar-refractivity contribution in [1.29, 1.82) is 0 Å². The van der Waals surface area contributed by atoms with Crippen LogP contribution in [0.2, 0.25) is 0 Å². The van der Waals surface area contributed by atoms with Crippen molar-refractivity contribution in [3.05, 3.63) is 35.9 Å². The molecule has 8 heteroatoms. The Hall–Kier alpha value is -2.02. The van der Waals surface area contributed by atoms with Gasteiger partial charge in [0.05, 0.1) is 17.6 Å². The van der Waals surface area contributed by atoms with E-state index in [1.807, 2.05) is 0 Å². The van der Waals surface area contributed by atoms with Crippen LogP contribution in [-0.2, 0) is 11.3 Å². The highest BCUT2D eigenvalue weighted by Crippen LogP contribution is 2.17. The Kier molecular flexibility index (Phi) is 4.52. The number of halogens is 2. The van der Waals surface area contributed by atoms with Gasteiger partial charge in [-0.05, 0) is 48.5 Å². The number of benzene rings is 1. The van der Waals surface area contributed by atoms with Crippen LogP contribution in [0, 0.1) is 11.2 Å². The Bertz CT molecular complexity index is 626. The minimum Gasteiger partial charge on any atom is -0.348 e. The zero-order valence-corrected chi connectivity index (χ0v) is 12.4. The summed E-state index contributed by atoms with van der Waals surface area (Å²) in [6, 6.07) is 5.74. The van der Waals surface area contributed by atoms with E-state index >= 15 is 0 Å². The largest absolute Gasteiger partial charge is 0.348 e. The molecule has 0 saturated carbocycles. The molecule has 1 N–H and O–H groups in total. The molecule has 0 spiro atoms. The molecular formula is C13H15ClFN5O. The molecule has 1 amide bonds. The van der Waals surface area contributed by atoms with E-state index in [0.717, 1.165) is 0 Å². The number of amides is 1. The minimum atomic E-state index is -0.671. The van der Waals surface area contributed by atoms with Crippen LogP contribution < -0.4 is 5.32 Å². The second-order valence-electron chi connectivity index (χ2n) is 5.18. The van der Waals surface area contributed by atoms with Gasteiger partial charge in [0.25, 0.3) is 0 Å². The number of nitrogens with one attached hydrogen (secondary N) is 1. The molecule has 0 unspecified atom stereocenters. The number of hydrogen-bond donors (Lipinski definition) is 1. The van der Waals surface area contributed by atoms with E-state index in [-0.39, 0.29) is 24.1 Å². The Labute approximate surface area is 126 Å². The van der Waals surface area contributed by atoms with Gasteiger partial charge in [-0.1, -0.05) is 0 Å². The lowest BCUT2D eigenvalue weighted by Crippen LogP contribution is -2.38. The third-order valence-electron chi connectivity index (χ3n) is 2.96. The molecular weight excluding hydrogens is 297 g/mol. The lowest BCUT2D eigenvalue weighted by atomic mass is 9.95. The average molecular weight is 312 g/mol. The lowest BCUT2D eigenvalue weighted by Gasteiger charge is -2.19. The topological polar surface area (TPSA) is 72.7 Å². The Morgan fingerprint density at radius 3 is 2.67 bits per heavy atom. The number of alkyl halides is 1. The molecule has 0 radical (unpaired) electrons. The van der Waals surface area contributed by atoms with E-state index in [2.05, 4.69) is 20.8 Å². The maximum atomic E-state index is 12.9. The highest BCUT2D eigenvalue weighted by Gasteiger charge is 2.26. The molecule has 0 aliphatic carbocycles. The van der Waals surface area contributed by atoms with Crippen molar-refractivity contribution in [1.82, 2.24) is 25.5 Å². The first-order valence-corrected chi connectivity index (χ1v) is 6.85. The number of carbonyl (C=O) groups is 1. The summed E-state index contributed by atoms with van der Waals surface area (Å²) >= 11 is 5.75. The van der Waals surface area contributed by atoms with E-state index in [1.165, 1.54) is 16.8 Å². The summed E-state index contributed by atoms with van der Waals surface area (Å²) in [6.45, 7) is 3.65. The van der Waals surface area contributed by atoms with Gasteiger partial charge in [-0.25, -0.2) is 4.39 Å². The van der Waals surface area contributed by atoms with Crippen LogP contribution in [0.3, 0.4) is 0 Å². The van der Waals surface area contributed by atoms with Crippen molar-refractivity contribution in [2.45, 2.75) is 20.4 Å². The third-order valence-corrected chi connectivity index (χ3v) is 3.63. The molecule has 0 atom stereocenters. The van der Waals surface area contributed by atoms with Gasteiger partial charge >= 0.3 is 0 Å². The molecule has 1 aromatic heterocycles. The monoisotopic (exact) mass is 311 g/mol. The number of aromatic nitrogens is 4. The molecule has 0 fully saturated rings. The van der Waals surface area contributed by atoms with Crippen LogP contribution in [-0.4, -0.2) is 32.0 Å². The summed E-state index contributed by atoms with van der Waals surface area (Å²) in [4.78, 5) is 12.0. The first-order chi connectivity index (χ1) is 9.94. The van der Waals surface area contributed by atoms with Crippen LogP contribution in [0.1, 0.15) is 19.7 Å². The smallest absolute Gasteiger partial charge is 0.227 e. The molecule has 1 heterocycles. The second-order valence-corrected chi connectivity index (χ2v) is 5.45. The predicted molar refractivity (Wildman–Crippen MR) is 75.5 cm³/mol. The van der Waals surface area contributed by atoms with Crippen molar-refractivity contribution >= 4 is 17.5 Å². The predicted octanol–water partition coefficient (Wildman–Crippen LogP) is 1.68. The molecule has 6 nitrogen and oxygen atoms in total. The van der Waals surface area contributed by atoms with Gasteiger partial charge in [0.2, 0.25) is 5.91 Å². The van der Waals surface area contributed by atoms with Crippen molar-refractivity contribution in [3.63, 3.8) is 0 Å². The summed E-state index contributed by atoms with van der Waals surface area (Å²) < 4.78 is 14.4. The van der Waals surface area contributed by atoms with Crippen LogP contribution in [0.15, 0.2) is 24.3 Å². The molecule has 21 heavy (non-hydrogen) atoms. The highest BCUT2D eigenvalue weighted by molar-refractivity contribution is 6.19. The molecule has 0 saturated heterocycles. The molecule has 0 aliphatic heterocycles.